The maximum atomic E-state index is 12.6. The lowest BCUT2D eigenvalue weighted by Gasteiger charge is -2.37. The molecule has 3 unspecified atom stereocenters. The van der Waals surface area contributed by atoms with E-state index < -0.39 is 58.3 Å². The summed E-state index contributed by atoms with van der Waals surface area (Å²) in [5.41, 5.74) is 1.97. The number of cyclic esters (lactones) is 2. The monoisotopic (exact) mass is 918 g/mol. The van der Waals surface area contributed by atoms with Gasteiger partial charge in [-0.1, -0.05) is 0 Å². The summed E-state index contributed by atoms with van der Waals surface area (Å²) in [6, 6.07) is 18.4. The summed E-state index contributed by atoms with van der Waals surface area (Å²) in [4.78, 5) is 79.3. The lowest BCUT2D eigenvalue weighted by Crippen LogP contribution is -2.56. The molecule has 3 aliphatic heterocycles. The predicted molar refractivity (Wildman–Crippen MR) is 229 cm³/mol. The first-order valence-corrected chi connectivity index (χ1v) is 21.9. The molecule has 0 aliphatic carbocycles. The fourth-order valence-corrected chi connectivity index (χ4v) is 7.15. The number of anilines is 2. The van der Waals surface area contributed by atoms with Gasteiger partial charge in [0.1, 0.15) is 36.5 Å². The number of carbonyl (C=O) groups excluding carboxylic acids is 6. The molecule has 5 heterocycles. The van der Waals surface area contributed by atoms with Crippen LogP contribution < -0.4 is 20.4 Å². The van der Waals surface area contributed by atoms with E-state index in [9.17, 15) is 37.2 Å². The van der Waals surface area contributed by atoms with E-state index >= 15 is 0 Å². The zero-order chi connectivity index (χ0) is 46.8. The number of benzene rings is 2. The van der Waals surface area contributed by atoms with Gasteiger partial charge in [-0.15, -0.1) is 0 Å². The number of esters is 1. The van der Waals surface area contributed by atoms with E-state index in [-0.39, 0.29) is 55.4 Å². The van der Waals surface area contributed by atoms with E-state index in [0.717, 1.165) is 6.26 Å². The van der Waals surface area contributed by atoms with E-state index in [0.29, 0.717) is 48.7 Å². The smallest absolute Gasteiger partial charge is 0.414 e. The van der Waals surface area contributed by atoms with Gasteiger partial charge >= 0.3 is 18.2 Å². The van der Waals surface area contributed by atoms with Crippen molar-refractivity contribution in [2.45, 2.75) is 32.1 Å². The maximum Gasteiger partial charge on any atom is 0.414 e. The molecule has 0 saturated carbocycles. The molecule has 2 aromatic carbocycles. The number of rotatable bonds is 14. The number of carbonyl (C=O) groups is 6. The lowest BCUT2D eigenvalue weighted by atomic mass is 10.1. The number of hydrogen-bond donors (Lipinski definition) is 4. The quantitative estimate of drug-likeness (QED) is 0.0465. The Morgan fingerprint density at radius 3 is 1.71 bits per heavy atom. The van der Waals surface area contributed by atoms with Crippen molar-refractivity contribution in [3.63, 3.8) is 0 Å². The first kappa shape index (κ1) is 47.1. The Hall–Kier alpha value is -7.37. The molecule has 4 aromatic rings. The van der Waals surface area contributed by atoms with Crippen molar-refractivity contribution in [3.8, 4) is 0 Å². The summed E-state index contributed by atoms with van der Waals surface area (Å²) in [5.74, 6) is -1.72. The minimum Gasteiger partial charge on any atom is -0.464 e. The third-order valence-corrected chi connectivity index (χ3v) is 10.6. The molecule has 0 spiro atoms. The van der Waals surface area contributed by atoms with E-state index in [4.69, 9.17) is 33.9 Å². The third-order valence-electron chi connectivity index (χ3n) is 10.0. The number of amides is 5. The molecule has 65 heavy (non-hydrogen) atoms. The second-order valence-electron chi connectivity index (χ2n) is 14.7. The molecule has 3 atom stereocenters. The van der Waals surface area contributed by atoms with Crippen LogP contribution in [-0.4, -0.2) is 143 Å². The molecule has 2 aromatic heterocycles. The molecule has 23 heteroatoms. The van der Waals surface area contributed by atoms with Crippen molar-refractivity contribution in [1.82, 2.24) is 20.4 Å². The largest absolute Gasteiger partial charge is 0.464 e. The summed E-state index contributed by atoms with van der Waals surface area (Å²) < 4.78 is 52.3. The van der Waals surface area contributed by atoms with Crippen LogP contribution in [0.15, 0.2) is 94.2 Å². The first-order chi connectivity index (χ1) is 31.0. The molecular formula is C42H46N8O14S. The van der Waals surface area contributed by atoms with Crippen LogP contribution in [0, 0.1) is 10.8 Å². The number of ether oxygens (including phenoxy) is 3. The van der Waals surface area contributed by atoms with Crippen molar-refractivity contribution < 1.29 is 64.4 Å². The Morgan fingerprint density at radius 2 is 1.26 bits per heavy atom. The zero-order valence-electron chi connectivity index (χ0n) is 35.4. The topological polar surface area (TPSA) is 284 Å². The van der Waals surface area contributed by atoms with Crippen molar-refractivity contribution in [3.05, 3.63) is 108 Å². The Bertz CT molecular complexity index is 2500. The van der Waals surface area contributed by atoms with Crippen LogP contribution in [0.1, 0.15) is 46.1 Å². The highest BCUT2D eigenvalue weighted by atomic mass is 32.2. The van der Waals surface area contributed by atoms with Crippen LogP contribution in [0.25, 0.3) is 0 Å². The molecule has 4 N–H and O–H groups in total. The molecule has 344 valence electrons. The number of amidine groups is 2. The molecule has 0 bridgehead atoms. The van der Waals surface area contributed by atoms with Gasteiger partial charge in [-0.2, -0.15) is 8.42 Å². The van der Waals surface area contributed by atoms with Crippen LogP contribution in [0.2, 0.25) is 0 Å². The minimum atomic E-state index is -3.63. The third kappa shape index (κ3) is 12.4. The highest BCUT2D eigenvalue weighted by Crippen LogP contribution is 2.25. The SMILES string of the molecule is CCOC(=O)C(C)N1CCN(CC2CN(c3ccc(C(=N)NC(=O)c4ccco4)cc3)C(=O)O2)CC1=O.CS(=O)(=O)OCC1CN(c2ccc(C(=N)NC(=O)c3ccco3)cc2)C(=O)O1. The van der Waals surface area contributed by atoms with E-state index in [1.54, 1.807) is 74.5 Å². The van der Waals surface area contributed by atoms with Crippen molar-refractivity contribution in [2.75, 3.05) is 68.5 Å². The van der Waals surface area contributed by atoms with Gasteiger partial charge in [0.2, 0.25) is 5.91 Å². The minimum absolute atomic E-state index is 0.0866. The second kappa shape index (κ2) is 20.9. The Labute approximate surface area is 372 Å². The normalized spacial score (nSPS) is 18.0. The maximum absolute atomic E-state index is 12.6. The average Bonchev–Trinajstić information content (AvgIpc) is 4.12. The Morgan fingerprint density at radius 1 is 0.769 bits per heavy atom. The fraction of sp³-hybridized carbons (Fsp3) is 0.333. The summed E-state index contributed by atoms with van der Waals surface area (Å²) in [6.45, 7) is 5.24. The summed E-state index contributed by atoms with van der Waals surface area (Å²) >= 11 is 0. The van der Waals surface area contributed by atoms with Gasteiger partial charge in [0.15, 0.2) is 11.5 Å². The van der Waals surface area contributed by atoms with E-state index in [1.165, 1.54) is 39.4 Å². The number of furan rings is 2. The number of piperazine rings is 1. The number of nitrogens with one attached hydrogen (secondary N) is 4. The van der Waals surface area contributed by atoms with Crippen LogP contribution in [0.3, 0.4) is 0 Å². The Kier molecular flexibility index (Phi) is 15.1. The molecule has 3 aliphatic rings. The van der Waals surface area contributed by atoms with E-state index in [1.807, 2.05) is 4.90 Å². The van der Waals surface area contributed by atoms with Gasteiger partial charge < -0.3 is 38.6 Å². The van der Waals surface area contributed by atoms with Crippen LogP contribution in [0.4, 0.5) is 21.0 Å². The van der Waals surface area contributed by atoms with Crippen LogP contribution in [0.5, 0.6) is 0 Å². The highest BCUT2D eigenvalue weighted by Gasteiger charge is 2.37. The molecule has 22 nitrogen and oxygen atoms in total. The molecule has 0 radical (unpaired) electrons. The summed E-state index contributed by atoms with van der Waals surface area (Å²) in [6.07, 6.45) is 1.38. The molecule has 3 fully saturated rings. The Balaban J connectivity index is 0.000000224. The van der Waals surface area contributed by atoms with Crippen LogP contribution >= 0.6 is 0 Å². The zero-order valence-corrected chi connectivity index (χ0v) is 36.2. The fourth-order valence-electron chi connectivity index (χ4n) is 6.75. The number of hydrogen-bond acceptors (Lipinski definition) is 17. The van der Waals surface area contributed by atoms with Gasteiger partial charge in [-0.3, -0.25) is 44.1 Å². The lowest BCUT2D eigenvalue weighted by molar-refractivity contribution is -0.156. The average molecular weight is 919 g/mol. The van der Waals surface area contributed by atoms with Gasteiger partial charge in [0.05, 0.1) is 45.0 Å². The van der Waals surface area contributed by atoms with Gasteiger partial charge in [0.25, 0.3) is 21.9 Å². The number of nitrogens with zero attached hydrogens (tertiary/aromatic N) is 4. The molecule has 7 rings (SSSR count). The first-order valence-electron chi connectivity index (χ1n) is 20.1. The van der Waals surface area contributed by atoms with Crippen molar-refractivity contribution in [2.24, 2.45) is 0 Å². The molecule has 5 amide bonds. The predicted octanol–water partition coefficient (Wildman–Crippen LogP) is 2.79. The standard InChI is InChI=1S/C25H29N5O7.C17H17N3O7S/c1-3-35-24(33)16(2)29-11-10-28(15-21(29)31)13-19-14-30(25(34)37-19)18-8-6-17(7-9-18)22(26)27-23(32)20-5-4-12-36-20;1-28(23,24)26-10-13-9-20(17(22)27-13)12-6-4-11(5-7-12)15(18)19-16(21)14-3-2-8-25-14/h4-9,12,16,19H,3,10-11,13-15H2,1-2H3,(H2,26,27,32);2-8,13H,9-10H2,1H3,(H2,18,19,21). The van der Waals surface area contributed by atoms with Crippen molar-refractivity contribution in [1.29, 1.82) is 10.8 Å². The van der Waals surface area contributed by atoms with Gasteiger partial charge in [-0.25, -0.2) is 14.4 Å². The van der Waals surface area contributed by atoms with Gasteiger partial charge in [-0.05, 0) is 86.6 Å². The summed E-state index contributed by atoms with van der Waals surface area (Å²) in [5, 5.41) is 21.0. The van der Waals surface area contributed by atoms with Crippen molar-refractivity contribution >= 4 is 69.0 Å². The van der Waals surface area contributed by atoms with E-state index in [2.05, 4.69) is 14.8 Å². The highest BCUT2D eigenvalue weighted by molar-refractivity contribution is 7.86. The van der Waals surface area contributed by atoms with Gasteiger partial charge in [0, 0.05) is 42.1 Å². The molecular weight excluding hydrogens is 873 g/mol. The molecule has 3 saturated heterocycles. The summed E-state index contributed by atoms with van der Waals surface area (Å²) in [7, 11) is -3.63. The second-order valence-corrected chi connectivity index (χ2v) is 16.3. The van der Waals surface area contributed by atoms with Crippen LogP contribution in [-0.2, 0) is 38.1 Å².